The van der Waals surface area contributed by atoms with Crippen molar-refractivity contribution >= 4 is 12.0 Å². The molecule has 0 amide bonds. The molecule has 0 N–H and O–H groups in total. The smallest absolute Gasteiger partial charge is 0.330 e. The minimum Gasteiger partial charge on any atom is -0.493 e. The van der Waals surface area contributed by atoms with Crippen LogP contribution in [0.5, 0.6) is 11.5 Å². The average molecular weight is 247 g/mol. The number of benzene rings is 1. The van der Waals surface area contributed by atoms with E-state index in [0.717, 1.165) is 5.56 Å². The van der Waals surface area contributed by atoms with Crippen molar-refractivity contribution in [1.29, 1.82) is 5.26 Å². The first kappa shape index (κ1) is 13.6. The molecule has 0 aromatic heterocycles. The number of nitrogens with zero attached hydrogens (tertiary/aromatic N) is 1. The van der Waals surface area contributed by atoms with Crippen molar-refractivity contribution in [3.05, 3.63) is 29.8 Å². The van der Waals surface area contributed by atoms with Crippen LogP contribution >= 0.6 is 0 Å². The molecule has 0 aliphatic heterocycles. The molecule has 0 bridgehead atoms. The maximum atomic E-state index is 11.0. The van der Waals surface area contributed by atoms with E-state index < -0.39 is 5.97 Å². The van der Waals surface area contributed by atoms with Gasteiger partial charge in [0.25, 0.3) is 0 Å². The Kier molecular flexibility index (Phi) is 5.26. The highest BCUT2D eigenvalue weighted by Crippen LogP contribution is 2.28. The molecule has 18 heavy (non-hydrogen) atoms. The number of carbonyl (C=O) groups excluding carboxylic acids is 1. The quantitative estimate of drug-likeness (QED) is 0.586. The molecule has 0 atom stereocenters. The lowest BCUT2D eigenvalue weighted by atomic mass is 10.2. The van der Waals surface area contributed by atoms with E-state index in [4.69, 9.17) is 14.7 Å². The predicted octanol–water partition coefficient (Wildman–Crippen LogP) is 1.78. The lowest BCUT2D eigenvalue weighted by molar-refractivity contribution is -0.134. The fourth-order valence-electron chi connectivity index (χ4n) is 1.25. The van der Waals surface area contributed by atoms with Gasteiger partial charge in [0.2, 0.25) is 0 Å². The van der Waals surface area contributed by atoms with Gasteiger partial charge in [-0.05, 0) is 23.8 Å². The molecule has 1 rings (SSSR count). The van der Waals surface area contributed by atoms with Crippen molar-refractivity contribution in [2.24, 2.45) is 0 Å². The highest BCUT2D eigenvalue weighted by molar-refractivity contribution is 5.87. The molecule has 0 aliphatic carbocycles. The zero-order valence-electron chi connectivity index (χ0n) is 10.2. The third kappa shape index (κ3) is 3.83. The molecule has 0 spiro atoms. The summed E-state index contributed by atoms with van der Waals surface area (Å²) >= 11 is 0. The van der Waals surface area contributed by atoms with Gasteiger partial charge in [0, 0.05) is 6.08 Å². The Balaban J connectivity index is 2.92. The van der Waals surface area contributed by atoms with Crippen molar-refractivity contribution in [2.45, 2.75) is 0 Å². The summed E-state index contributed by atoms with van der Waals surface area (Å²) in [4.78, 5) is 11.0. The van der Waals surface area contributed by atoms with E-state index in [9.17, 15) is 4.79 Å². The second kappa shape index (κ2) is 6.97. The molecule has 0 fully saturated rings. The Morgan fingerprint density at radius 1 is 1.39 bits per heavy atom. The molecule has 0 saturated carbocycles. The number of methoxy groups -OCH3 is 2. The van der Waals surface area contributed by atoms with Gasteiger partial charge < -0.3 is 14.2 Å². The fraction of sp³-hybridized carbons (Fsp3) is 0.231. The van der Waals surface area contributed by atoms with Crippen LogP contribution in [0.3, 0.4) is 0 Å². The van der Waals surface area contributed by atoms with Gasteiger partial charge in [-0.2, -0.15) is 5.26 Å². The number of esters is 1. The first-order chi connectivity index (χ1) is 8.71. The van der Waals surface area contributed by atoms with Gasteiger partial charge in [-0.15, -0.1) is 0 Å². The van der Waals surface area contributed by atoms with Gasteiger partial charge in [0.15, 0.2) is 18.1 Å². The molecule has 1 aromatic carbocycles. The molecule has 94 valence electrons. The lowest BCUT2D eigenvalue weighted by Crippen LogP contribution is -1.97. The summed E-state index contributed by atoms with van der Waals surface area (Å²) in [5, 5.41) is 8.48. The zero-order valence-corrected chi connectivity index (χ0v) is 10.2. The summed E-state index contributed by atoms with van der Waals surface area (Å²) in [5.41, 5.74) is 0.745. The SMILES string of the molecule is COC(=O)/C=C/c1ccc(OC)c(OCC#N)c1. The fourth-order valence-corrected chi connectivity index (χ4v) is 1.25. The molecule has 0 aliphatic rings. The molecule has 0 saturated heterocycles. The van der Waals surface area contributed by atoms with Crippen LogP contribution in [-0.2, 0) is 9.53 Å². The van der Waals surface area contributed by atoms with Crippen molar-refractivity contribution in [2.75, 3.05) is 20.8 Å². The number of ether oxygens (including phenoxy) is 3. The number of nitriles is 1. The Morgan fingerprint density at radius 3 is 2.78 bits per heavy atom. The van der Waals surface area contributed by atoms with Gasteiger partial charge in [0.1, 0.15) is 6.07 Å². The molecule has 0 heterocycles. The van der Waals surface area contributed by atoms with Crippen molar-refractivity contribution in [1.82, 2.24) is 0 Å². The van der Waals surface area contributed by atoms with Crippen molar-refractivity contribution in [3.63, 3.8) is 0 Å². The normalized spacial score (nSPS) is 9.83. The summed E-state index contributed by atoms with van der Waals surface area (Å²) in [6.07, 6.45) is 2.89. The molecule has 5 nitrogen and oxygen atoms in total. The van der Waals surface area contributed by atoms with Crippen molar-refractivity contribution < 1.29 is 19.0 Å². The van der Waals surface area contributed by atoms with Crippen LogP contribution in [0.25, 0.3) is 6.08 Å². The number of hydrogen-bond acceptors (Lipinski definition) is 5. The largest absolute Gasteiger partial charge is 0.493 e. The van der Waals surface area contributed by atoms with Gasteiger partial charge in [-0.3, -0.25) is 0 Å². The highest BCUT2D eigenvalue weighted by Gasteiger charge is 2.04. The Bertz CT molecular complexity index is 488. The van der Waals surface area contributed by atoms with E-state index in [1.54, 1.807) is 24.3 Å². The number of carbonyl (C=O) groups is 1. The maximum absolute atomic E-state index is 11.0. The molecule has 1 aromatic rings. The van der Waals surface area contributed by atoms with Gasteiger partial charge in [-0.1, -0.05) is 6.07 Å². The first-order valence-corrected chi connectivity index (χ1v) is 5.15. The van der Waals surface area contributed by atoms with Crippen LogP contribution in [0.4, 0.5) is 0 Å². The molecule has 0 unspecified atom stereocenters. The average Bonchev–Trinajstić information content (AvgIpc) is 2.42. The topological polar surface area (TPSA) is 68.6 Å². The van der Waals surface area contributed by atoms with Crippen molar-refractivity contribution in [3.8, 4) is 17.6 Å². The van der Waals surface area contributed by atoms with E-state index in [1.807, 2.05) is 6.07 Å². The predicted molar refractivity (Wildman–Crippen MR) is 65.2 cm³/mol. The summed E-state index contributed by atoms with van der Waals surface area (Å²) in [6, 6.07) is 7.01. The zero-order chi connectivity index (χ0) is 13.4. The third-order valence-electron chi connectivity index (χ3n) is 2.09. The minimum absolute atomic E-state index is 0.0689. The minimum atomic E-state index is -0.440. The van der Waals surface area contributed by atoms with Crippen LogP contribution in [0.15, 0.2) is 24.3 Å². The number of rotatable bonds is 5. The molecular weight excluding hydrogens is 234 g/mol. The van der Waals surface area contributed by atoms with Crippen LogP contribution in [-0.4, -0.2) is 26.8 Å². The Labute approximate surface area is 105 Å². The summed E-state index contributed by atoms with van der Waals surface area (Å²) in [6.45, 7) is -0.0689. The second-order valence-electron chi connectivity index (χ2n) is 3.21. The van der Waals surface area contributed by atoms with E-state index in [2.05, 4.69) is 4.74 Å². The van der Waals surface area contributed by atoms with Gasteiger partial charge in [-0.25, -0.2) is 4.79 Å². The van der Waals surface area contributed by atoms with E-state index in [0.29, 0.717) is 11.5 Å². The third-order valence-corrected chi connectivity index (χ3v) is 2.09. The Hall–Kier alpha value is -2.48. The molecule has 0 radical (unpaired) electrons. The standard InChI is InChI=1S/C13H13NO4/c1-16-11-5-3-10(4-6-13(15)17-2)9-12(11)18-8-7-14/h3-6,9H,8H2,1-2H3/b6-4+. The number of hydrogen-bond donors (Lipinski definition) is 0. The monoisotopic (exact) mass is 247 g/mol. The Morgan fingerprint density at radius 2 is 2.17 bits per heavy atom. The van der Waals surface area contributed by atoms with E-state index >= 15 is 0 Å². The van der Waals surface area contributed by atoms with Crippen LogP contribution < -0.4 is 9.47 Å². The maximum Gasteiger partial charge on any atom is 0.330 e. The van der Waals surface area contributed by atoms with Crippen LogP contribution in [0.2, 0.25) is 0 Å². The summed E-state index contributed by atoms with van der Waals surface area (Å²) < 4.78 is 14.8. The molecular formula is C13H13NO4. The summed E-state index contributed by atoms with van der Waals surface area (Å²) in [5.74, 6) is 0.539. The lowest BCUT2D eigenvalue weighted by Gasteiger charge is -2.08. The van der Waals surface area contributed by atoms with Crippen LogP contribution in [0, 0.1) is 11.3 Å². The van der Waals surface area contributed by atoms with Gasteiger partial charge in [0.05, 0.1) is 14.2 Å². The summed E-state index contributed by atoms with van der Waals surface area (Å²) in [7, 11) is 2.82. The molecule has 5 heteroatoms. The van der Waals surface area contributed by atoms with Crippen LogP contribution in [0.1, 0.15) is 5.56 Å². The second-order valence-corrected chi connectivity index (χ2v) is 3.21. The highest BCUT2D eigenvalue weighted by atomic mass is 16.5. The van der Waals surface area contributed by atoms with E-state index in [-0.39, 0.29) is 6.61 Å². The van der Waals surface area contributed by atoms with E-state index in [1.165, 1.54) is 20.3 Å². The van der Waals surface area contributed by atoms with Gasteiger partial charge >= 0.3 is 5.97 Å². The first-order valence-electron chi connectivity index (χ1n) is 5.15.